The molecule has 2 aromatic rings. The molecule has 0 saturated carbocycles. The standard InChI is InChI=1S/C12H7BrClF3N2O/c13-6-3-8(12(15,16)17)11(19-5-6)20-10-4-7(14)1-2-9(10)18/h1-5H,18H2. The summed E-state index contributed by atoms with van der Waals surface area (Å²) in [5, 5.41) is 0.292. The second kappa shape index (κ2) is 5.49. The van der Waals surface area contributed by atoms with E-state index in [1.54, 1.807) is 0 Å². The van der Waals surface area contributed by atoms with Gasteiger partial charge in [-0.05, 0) is 34.1 Å². The molecule has 3 nitrogen and oxygen atoms in total. The van der Waals surface area contributed by atoms with Crippen LogP contribution in [-0.2, 0) is 6.18 Å². The highest BCUT2D eigenvalue weighted by Gasteiger charge is 2.36. The van der Waals surface area contributed by atoms with Crippen LogP contribution in [0.5, 0.6) is 11.6 Å². The number of hydrogen-bond acceptors (Lipinski definition) is 3. The first kappa shape index (κ1) is 14.9. The van der Waals surface area contributed by atoms with Gasteiger partial charge in [-0.15, -0.1) is 0 Å². The number of ether oxygens (including phenoxy) is 1. The van der Waals surface area contributed by atoms with Crippen molar-refractivity contribution < 1.29 is 17.9 Å². The maximum absolute atomic E-state index is 12.9. The van der Waals surface area contributed by atoms with Gasteiger partial charge in [-0.1, -0.05) is 11.6 Å². The van der Waals surface area contributed by atoms with Crippen molar-refractivity contribution in [3.63, 3.8) is 0 Å². The van der Waals surface area contributed by atoms with Gasteiger partial charge in [-0.2, -0.15) is 13.2 Å². The summed E-state index contributed by atoms with van der Waals surface area (Å²) in [7, 11) is 0. The van der Waals surface area contributed by atoms with E-state index in [1.165, 1.54) is 24.4 Å². The second-order valence-corrected chi connectivity index (χ2v) is 5.14. The van der Waals surface area contributed by atoms with Gasteiger partial charge < -0.3 is 10.5 Å². The predicted octanol–water partition coefficient (Wildman–Crippen LogP) is 4.89. The molecule has 0 amide bonds. The minimum Gasteiger partial charge on any atom is -0.436 e. The predicted molar refractivity (Wildman–Crippen MR) is 72.9 cm³/mol. The fourth-order valence-corrected chi connectivity index (χ4v) is 1.91. The highest BCUT2D eigenvalue weighted by atomic mass is 79.9. The van der Waals surface area contributed by atoms with Crippen molar-refractivity contribution in [2.75, 3.05) is 5.73 Å². The van der Waals surface area contributed by atoms with E-state index < -0.39 is 17.6 Å². The molecule has 0 atom stereocenters. The molecule has 1 aromatic heterocycles. The van der Waals surface area contributed by atoms with E-state index in [2.05, 4.69) is 20.9 Å². The number of nitrogens with zero attached hydrogens (tertiary/aromatic N) is 1. The van der Waals surface area contributed by atoms with Gasteiger partial charge >= 0.3 is 6.18 Å². The van der Waals surface area contributed by atoms with Crippen LogP contribution in [0.15, 0.2) is 34.9 Å². The number of alkyl halides is 3. The smallest absolute Gasteiger partial charge is 0.421 e. The van der Waals surface area contributed by atoms with Gasteiger partial charge in [0.25, 0.3) is 0 Å². The molecule has 20 heavy (non-hydrogen) atoms. The zero-order valence-electron chi connectivity index (χ0n) is 9.71. The molecule has 2 N–H and O–H groups in total. The van der Waals surface area contributed by atoms with E-state index in [-0.39, 0.29) is 15.9 Å². The molecule has 0 radical (unpaired) electrons. The summed E-state index contributed by atoms with van der Waals surface area (Å²) < 4.78 is 44.1. The third-order valence-corrected chi connectivity index (χ3v) is 2.97. The first-order valence-electron chi connectivity index (χ1n) is 5.23. The first-order chi connectivity index (χ1) is 9.27. The number of halogens is 5. The van der Waals surface area contributed by atoms with E-state index >= 15 is 0 Å². The molecule has 1 aromatic carbocycles. The van der Waals surface area contributed by atoms with Gasteiger partial charge in [0.1, 0.15) is 5.56 Å². The number of rotatable bonds is 2. The van der Waals surface area contributed by atoms with Crippen LogP contribution in [0.3, 0.4) is 0 Å². The quantitative estimate of drug-likeness (QED) is 0.769. The molecule has 2 rings (SSSR count). The third kappa shape index (κ3) is 3.34. The van der Waals surface area contributed by atoms with E-state index in [0.717, 1.165) is 6.07 Å². The van der Waals surface area contributed by atoms with Crippen molar-refractivity contribution in [2.24, 2.45) is 0 Å². The summed E-state index contributed by atoms with van der Waals surface area (Å²) in [6.07, 6.45) is -3.40. The highest BCUT2D eigenvalue weighted by molar-refractivity contribution is 9.10. The Hall–Kier alpha value is -1.47. The van der Waals surface area contributed by atoms with Gasteiger partial charge in [-0.25, -0.2) is 4.98 Å². The Morgan fingerprint density at radius 2 is 1.95 bits per heavy atom. The van der Waals surface area contributed by atoms with Crippen molar-refractivity contribution in [1.29, 1.82) is 0 Å². The molecule has 106 valence electrons. The number of pyridine rings is 1. The molecule has 0 aliphatic heterocycles. The highest BCUT2D eigenvalue weighted by Crippen LogP contribution is 2.39. The Balaban J connectivity index is 2.46. The Morgan fingerprint density at radius 3 is 2.60 bits per heavy atom. The lowest BCUT2D eigenvalue weighted by Gasteiger charge is -2.14. The summed E-state index contributed by atoms with van der Waals surface area (Å²) in [6, 6.07) is 5.14. The molecule has 0 unspecified atom stereocenters. The number of hydrogen-bond donors (Lipinski definition) is 1. The summed E-state index contributed by atoms with van der Waals surface area (Å²) in [6.45, 7) is 0. The van der Waals surface area contributed by atoms with Gasteiger partial charge in [0, 0.05) is 21.8 Å². The Kier molecular flexibility index (Phi) is 4.10. The summed E-state index contributed by atoms with van der Waals surface area (Å²) in [4.78, 5) is 3.62. The fourth-order valence-electron chi connectivity index (χ4n) is 1.41. The zero-order valence-corrected chi connectivity index (χ0v) is 12.1. The average Bonchev–Trinajstić information content (AvgIpc) is 2.34. The van der Waals surface area contributed by atoms with Crippen LogP contribution < -0.4 is 10.5 Å². The lowest BCUT2D eigenvalue weighted by Crippen LogP contribution is -2.08. The number of nitrogens with two attached hydrogens (primary N) is 1. The lowest BCUT2D eigenvalue weighted by molar-refractivity contribution is -0.138. The van der Waals surface area contributed by atoms with Crippen LogP contribution in [0, 0.1) is 0 Å². The normalized spacial score (nSPS) is 11.4. The maximum Gasteiger partial charge on any atom is 0.421 e. The van der Waals surface area contributed by atoms with E-state index in [9.17, 15) is 13.2 Å². The van der Waals surface area contributed by atoms with Crippen LogP contribution in [0.4, 0.5) is 18.9 Å². The largest absolute Gasteiger partial charge is 0.436 e. The number of anilines is 1. The molecule has 0 aliphatic rings. The number of benzene rings is 1. The molecule has 0 spiro atoms. The molecule has 0 bridgehead atoms. The molecule has 0 saturated heterocycles. The van der Waals surface area contributed by atoms with Crippen LogP contribution >= 0.6 is 27.5 Å². The first-order valence-corrected chi connectivity index (χ1v) is 6.40. The molecular weight excluding hydrogens is 360 g/mol. The molecule has 0 fully saturated rings. The van der Waals surface area contributed by atoms with Crippen LogP contribution in [0.25, 0.3) is 0 Å². The molecule has 1 heterocycles. The SMILES string of the molecule is Nc1ccc(Cl)cc1Oc1ncc(Br)cc1C(F)(F)F. The van der Waals surface area contributed by atoms with Crippen LogP contribution in [0.1, 0.15) is 5.56 Å². The monoisotopic (exact) mass is 366 g/mol. The zero-order chi connectivity index (χ0) is 14.9. The minimum absolute atomic E-state index is 0.0119. The summed E-state index contributed by atoms with van der Waals surface area (Å²) in [5.41, 5.74) is 4.78. The lowest BCUT2D eigenvalue weighted by atomic mass is 10.2. The topological polar surface area (TPSA) is 48.1 Å². The number of nitrogen functional groups attached to an aromatic ring is 1. The van der Waals surface area contributed by atoms with Crippen molar-refractivity contribution in [3.05, 3.63) is 45.5 Å². The fraction of sp³-hybridized carbons (Fsp3) is 0.0833. The van der Waals surface area contributed by atoms with E-state index in [1.807, 2.05) is 0 Å². The average molecular weight is 368 g/mol. The van der Waals surface area contributed by atoms with Gasteiger partial charge in [0.2, 0.25) is 5.88 Å². The van der Waals surface area contributed by atoms with Crippen molar-refractivity contribution in [3.8, 4) is 11.6 Å². The molecule has 0 aliphatic carbocycles. The van der Waals surface area contributed by atoms with Gasteiger partial charge in [0.05, 0.1) is 5.69 Å². The summed E-state index contributed by atoms with van der Waals surface area (Å²) >= 11 is 8.69. The van der Waals surface area contributed by atoms with Crippen LogP contribution in [0.2, 0.25) is 5.02 Å². The Labute approximate surface area is 125 Å². The van der Waals surface area contributed by atoms with Crippen molar-refractivity contribution >= 4 is 33.2 Å². The van der Waals surface area contributed by atoms with Crippen molar-refractivity contribution in [2.45, 2.75) is 6.18 Å². The second-order valence-electron chi connectivity index (χ2n) is 3.79. The van der Waals surface area contributed by atoms with Gasteiger partial charge in [0.15, 0.2) is 5.75 Å². The van der Waals surface area contributed by atoms with E-state index in [0.29, 0.717) is 5.02 Å². The third-order valence-electron chi connectivity index (χ3n) is 2.31. The van der Waals surface area contributed by atoms with Gasteiger partial charge in [-0.3, -0.25) is 0 Å². The Bertz CT molecular complexity index is 649. The number of aromatic nitrogens is 1. The molecule has 8 heteroatoms. The molecular formula is C12H7BrClF3N2O. The Morgan fingerprint density at radius 1 is 1.25 bits per heavy atom. The minimum atomic E-state index is -4.60. The van der Waals surface area contributed by atoms with Crippen LogP contribution in [-0.4, -0.2) is 4.98 Å². The van der Waals surface area contributed by atoms with Crippen molar-refractivity contribution in [1.82, 2.24) is 4.98 Å². The maximum atomic E-state index is 12.9. The summed E-state index contributed by atoms with van der Waals surface area (Å²) in [5.74, 6) is -0.576. The van der Waals surface area contributed by atoms with E-state index in [4.69, 9.17) is 22.1 Å².